The van der Waals surface area contributed by atoms with Crippen molar-refractivity contribution < 1.29 is 0 Å². The van der Waals surface area contributed by atoms with Crippen molar-refractivity contribution in [2.24, 2.45) is 11.1 Å². The molecular weight excluding hydrogens is 236 g/mol. The van der Waals surface area contributed by atoms with Crippen LogP contribution in [0.25, 0.3) is 0 Å². The summed E-state index contributed by atoms with van der Waals surface area (Å²) in [5.74, 6) is 0.320. The van der Waals surface area contributed by atoms with E-state index in [-0.39, 0.29) is 5.41 Å². The molecule has 1 aliphatic heterocycles. The summed E-state index contributed by atoms with van der Waals surface area (Å²) in [7, 11) is 0. The van der Waals surface area contributed by atoms with Gasteiger partial charge in [-0.3, -0.25) is 5.41 Å². The van der Waals surface area contributed by atoms with Gasteiger partial charge in [-0.25, -0.2) is 0 Å². The molecule has 0 saturated carbocycles. The standard InChI is InChI=1S/C15H32N4/c1-4-8-18-10-12-19(13-11-18)9-6-5-7-15(2,3)14(16)17/h4-13H2,1-3H3,(H3,16,17). The highest BCUT2D eigenvalue weighted by Crippen LogP contribution is 2.22. The normalized spacial score (nSPS) is 18.7. The number of amidine groups is 1. The third-order valence-electron chi connectivity index (χ3n) is 4.26. The molecule has 0 aromatic heterocycles. The van der Waals surface area contributed by atoms with Gasteiger partial charge in [0.2, 0.25) is 0 Å². The largest absolute Gasteiger partial charge is 0.387 e. The minimum atomic E-state index is -0.125. The van der Waals surface area contributed by atoms with E-state index in [1.807, 2.05) is 0 Å². The molecule has 1 heterocycles. The second-order valence-corrected chi connectivity index (χ2v) is 6.44. The lowest BCUT2D eigenvalue weighted by Gasteiger charge is -2.34. The number of nitrogens with zero attached hydrogens (tertiary/aromatic N) is 2. The average molecular weight is 268 g/mol. The predicted molar refractivity (Wildman–Crippen MR) is 82.7 cm³/mol. The van der Waals surface area contributed by atoms with Gasteiger partial charge in [0, 0.05) is 31.6 Å². The maximum atomic E-state index is 7.55. The summed E-state index contributed by atoms with van der Waals surface area (Å²) in [6.45, 7) is 13.7. The van der Waals surface area contributed by atoms with Gasteiger partial charge in [0.05, 0.1) is 5.84 Å². The molecule has 1 fully saturated rings. The van der Waals surface area contributed by atoms with Crippen molar-refractivity contribution >= 4 is 5.84 Å². The molecule has 0 aromatic rings. The first-order chi connectivity index (χ1) is 8.95. The number of piperazine rings is 1. The number of nitrogens with two attached hydrogens (primary N) is 1. The summed E-state index contributed by atoms with van der Waals surface area (Å²) in [6, 6.07) is 0. The third kappa shape index (κ3) is 5.91. The van der Waals surface area contributed by atoms with E-state index in [0.29, 0.717) is 5.84 Å². The fourth-order valence-corrected chi connectivity index (χ4v) is 2.59. The Labute approximate surface area is 118 Å². The van der Waals surface area contributed by atoms with Gasteiger partial charge in [0.1, 0.15) is 0 Å². The molecule has 0 atom stereocenters. The van der Waals surface area contributed by atoms with E-state index < -0.39 is 0 Å². The van der Waals surface area contributed by atoms with E-state index in [1.165, 1.54) is 58.5 Å². The van der Waals surface area contributed by atoms with Crippen molar-refractivity contribution in [3.63, 3.8) is 0 Å². The quantitative estimate of drug-likeness (QED) is 0.403. The SMILES string of the molecule is CCCN1CCN(CCCCC(C)(C)C(=N)N)CC1. The molecule has 1 saturated heterocycles. The second kappa shape index (κ2) is 7.85. The van der Waals surface area contributed by atoms with Crippen LogP contribution in [-0.4, -0.2) is 54.9 Å². The topological polar surface area (TPSA) is 56.4 Å². The lowest BCUT2D eigenvalue weighted by Crippen LogP contribution is -2.46. The van der Waals surface area contributed by atoms with Gasteiger partial charge in [0.15, 0.2) is 0 Å². The maximum absolute atomic E-state index is 7.55. The highest BCUT2D eigenvalue weighted by molar-refractivity contribution is 5.82. The number of rotatable bonds is 8. The number of unbranched alkanes of at least 4 members (excludes halogenated alkanes) is 1. The van der Waals surface area contributed by atoms with Gasteiger partial charge in [0.25, 0.3) is 0 Å². The zero-order valence-electron chi connectivity index (χ0n) is 13.0. The molecule has 112 valence electrons. The third-order valence-corrected chi connectivity index (χ3v) is 4.26. The Morgan fingerprint density at radius 3 is 2.05 bits per heavy atom. The highest BCUT2D eigenvalue weighted by atomic mass is 15.3. The van der Waals surface area contributed by atoms with Crippen molar-refractivity contribution in [2.75, 3.05) is 39.3 Å². The predicted octanol–water partition coefficient (Wildman–Crippen LogP) is 2.15. The molecule has 4 nitrogen and oxygen atoms in total. The Balaban J connectivity index is 2.10. The molecule has 0 aliphatic carbocycles. The van der Waals surface area contributed by atoms with E-state index in [2.05, 4.69) is 30.6 Å². The Kier molecular flexibility index (Phi) is 6.80. The van der Waals surface area contributed by atoms with Crippen LogP contribution in [0.1, 0.15) is 46.5 Å². The summed E-state index contributed by atoms with van der Waals surface area (Å²) in [5, 5.41) is 7.55. The van der Waals surface area contributed by atoms with Crippen LogP contribution >= 0.6 is 0 Å². The minimum absolute atomic E-state index is 0.125. The fraction of sp³-hybridized carbons (Fsp3) is 0.933. The van der Waals surface area contributed by atoms with Crippen molar-refractivity contribution in [3.8, 4) is 0 Å². The van der Waals surface area contributed by atoms with Crippen molar-refractivity contribution in [1.29, 1.82) is 5.41 Å². The summed E-state index contributed by atoms with van der Waals surface area (Å²) < 4.78 is 0. The van der Waals surface area contributed by atoms with Crippen molar-refractivity contribution in [1.82, 2.24) is 9.80 Å². The molecule has 0 amide bonds. The first-order valence-electron chi connectivity index (χ1n) is 7.75. The molecule has 0 bridgehead atoms. The molecule has 1 aliphatic rings. The van der Waals surface area contributed by atoms with E-state index in [4.69, 9.17) is 11.1 Å². The molecule has 19 heavy (non-hydrogen) atoms. The van der Waals surface area contributed by atoms with Gasteiger partial charge in [-0.1, -0.05) is 27.2 Å². The molecule has 1 rings (SSSR count). The van der Waals surface area contributed by atoms with Crippen LogP contribution in [0.3, 0.4) is 0 Å². The lowest BCUT2D eigenvalue weighted by atomic mass is 9.86. The molecule has 3 N–H and O–H groups in total. The zero-order chi connectivity index (χ0) is 14.3. The van der Waals surface area contributed by atoms with Gasteiger partial charge < -0.3 is 15.5 Å². The minimum Gasteiger partial charge on any atom is -0.387 e. The lowest BCUT2D eigenvalue weighted by molar-refractivity contribution is 0.130. The van der Waals surface area contributed by atoms with Crippen LogP contribution in [0.5, 0.6) is 0 Å². The molecule has 4 heteroatoms. The Morgan fingerprint density at radius 2 is 1.58 bits per heavy atom. The Bertz CT molecular complexity index is 267. The fourth-order valence-electron chi connectivity index (χ4n) is 2.59. The van der Waals surface area contributed by atoms with Gasteiger partial charge >= 0.3 is 0 Å². The highest BCUT2D eigenvalue weighted by Gasteiger charge is 2.21. The summed E-state index contributed by atoms with van der Waals surface area (Å²) in [6.07, 6.45) is 4.69. The van der Waals surface area contributed by atoms with E-state index in [9.17, 15) is 0 Å². The van der Waals surface area contributed by atoms with Crippen molar-refractivity contribution in [2.45, 2.75) is 46.5 Å². The number of hydrogen-bond donors (Lipinski definition) is 2. The van der Waals surface area contributed by atoms with Gasteiger partial charge in [-0.05, 0) is 32.4 Å². The van der Waals surface area contributed by atoms with Crippen LogP contribution in [0, 0.1) is 10.8 Å². The first-order valence-corrected chi connectivity index (χ1v) is 7.75. The smallest absolute Gasteiger partial charge is 0.0963 e. The van der Waals surface area contributed by atoms with Crippen LogP contribution in [0.2, 0.25) is 0 Å². The zero-order valence-corrected chi connectivity index (χ0v) is 13.0. The number of nitrogens with one attached hydrogen (secondary N) is 1. The van der Waals surface area contributed by atoms with Crippen LogP contribution < -0.4 is 5.73 Å². The molecule has 0 spiro atoms. The summed E-state index contributed by atoms with van der Waals surface area (Å²) in [5.41, 5.74) is 5.48. The van der Waals surface area contributed by atoms with E-state index >= 15 is 0 Å². The molecule has 0 radical (unpaired) electrons. The number of hydrogen-bond acceptors (Lipinski definition) is 3. The summed E-state index contributed by atoms with van der Waals surface area (Å²) in [4.78, 5) is 5.14. The van der Waals surface area contributed by atoms with Crippen LogP contribution in [0.4, 0.5) is 0 Å². The maximum Gasteiger partial charge on any atom is 0.0963 e. The van der Waals surface area contributed by atoms with Crippen LogP contribution in [0.15, 0.2) is 0 Å². The Hall–Kier alpha value is -0.610. The summed E-state index contributed by atoms with van der Waals surface area (Å²) >= 11 is 0. The van der Waals surface area contributed by atoms with E-state index in [1.54, 1.807) is 0 Å². The average Bonchev–Trinajstić information content (AvgIpc) is 2.37. The van der Waals surface area contributed by atoms with Gasteiger partial charge in [-0.15, -0.1) is 0 Å². The first kappa shape index (κ1) is 16.4. The molecule has 0 aromatic carbocycles. The second-order valence-electron chi connectivity index (χ2n) is 6.44. The monoisotopic (exact) mass is 268 g/mol. The van der Waals surface area contributed by atoms with Gasteiger partial charge in [-0.2, -0.15) is 0 Å². The Morgan fingerprint density at radius 1 is 1.05 bits per heavy atom. The van der Waals surface area contributed by atoms with Crippen LogP contribution in [-0.2, 0) is 0 Å². The molecule has 0 unspecified atom stereocenters. The van der Waals surface area contributed by atoms with E-state index in [0.717, 1.165) is 6.42 Å². The van der Waals surface area contributed by atoms with Crippen molar-refractivity contribution in [3.05, 3.63) is 0 Å². The molecular formula is C15H32N4.